The number of thiocarbonyl (C=S) groups is 1. The Balaban J connectivity index is 2.07. The van der Waals surface area contributed by atoms with E-state index in [1.807, 2.05) is 6.92 Å². The second kappa shape index (κ2) is 9.33. The smallest absolute Gasteiger partial charge is 0.343 e. The van der Waals surface area contributed by atoms with Gasteiger partial charge in [0.15, 0.2) is 16.6 Å². The first-order valence-electron chi connectivity index (χ1n) is 7.51. The number of carbonyl (C=O) groups excluding carboxylic acids is 1. The molecule has 8 heteroatoms. The third-order valence-electron chi connectivity index (χ3n) is 3.02. The molecule has 0 amide bonds. The standard InChI is InChI=1S/C17H18N4O3S/c1-3-19-17(25)21-20-11-12-4-5-14(15(10-12)23-2)24-16(22)13-6-8-18-9-7-13/h4-11H,3H2,1-2H3,(H2,19,21,25)/b20-11-. The van der Waals surface area contributed by atoms with Crippen molar-refractivity contribution in [2.24, 2.45) is 5.10 Å². The predicted molar refractivity (Wildman–Crippen MR) is 99.2 cm³/mol. The van der Waals surface area contributed by atoms with Crippen LogP contribution in [-0.4, -0.2) is 35.9 Å². The van der Waals surface area contributed by atoms with Crippen molar-refractivity contribution >= 4 is 29.5 Å². The molecule has 2 aromatic rings. The van der Waals surface area contributed by atoms with Crippen molar-refractivity contribution in [2.75, 3.05) is 13.7 Å². The lowest BCUT2D eigenvalue weighted by Gasteiger charge is -2.10. The third kappa shape index (κ3) is 5.54. The molecule has 25 heavy (non-hydrogen) atoms. The third-order valence-corrected chi connectivity index (χ3v) is 3.26. The van der Waals surface area contributed by atoms with E-state index >= 15 is 0 Å². The van der Waals surface area contributed by atoms with Gasteiger partial charge in [0.05, 0.1) is 18.9 Å². The van der Waals surface area contributed by atoms with Gasteiger partial charge in [-0.1, -0.05) is 0 Å². The maximum atomic E-state index is 12.1. The van der Waals surface area contributed by atoms with E-state index in [1.165, 1.54) is 19.5 Å². The van der Waals surface area contributed by atoms with Gasteiger partial charge in [0.1, 0.15) is 0 Å². The number of aromatic nitrogens is 1. The van der Waals surface area contributed by atoms with Crippen molar-refractivity contribution in [3.63, 3.8) is 0 Å². The fraction of sp³-hybridized carbons (Fsp3) is 0.176. The van der Waals surface area contributed by atoms with Gasteiger partial charge in [-0.3, -0.25) is 10.4 Å². The molecule has 0 unspecified atom stereocenters. The summed E-state index contributed by atoms with van der Waals surface area (Å²) in [5, 5.41) is 7.38. The molecule has 130 valence electrons. The van der Waals surface area contributed by atoms with Gasteiger partial charge in [-0.15, -0.1) is 0 Å². The van der Waals surface area contributed by atoms with Crippen LogP contribution in [0.2, 0.25) is 0 Å². The summed E-state index contributed by atoms with van der Waals surface area (Å²) < 4.78 is 10.6. The number of pyridine rings is 1. The molecule has 0 radical (unpaired) electrons. The molecule has 0 aliphatic heterocycles. The van der Waals surface area contributed by atoms with Crippen LogP contribution in [0.4, 0.5) is 0 Å². The predicted octanol–water partition coefficient (Wildman–Crippen LogP) is 2.13. The van der Waals surface area contributed by atoms with Crippen molar-refractivity contribution in [3.05, 3.63) is 53.9 Å². The average Bonchev–Trinajstić information content (AvgIpc) is 2.63. The molecule has 0 saturated carbocycles. The summed E-state index contributed by atoms with van der Waals surface area (Å²) in [6.45, 7) is 2.65. The fourth-order valence-electron chi connectivity index (χ4n) is 1.86. The summed E-state index contributed by atoms with van der Waals surface area (Å²) >= 11 is 5.01. The molecule has 1 heterocycles. The van der Waals surface area contributed by atoms with Crippen LogP contribution >= 0.6 is 12.2 Å². The number of nitrogens with zero attached hydrogens (tertiary/aromatic N) is 2. The van der Waals surface area contributed by atoms with Crippen molar-refractivity contribution < 1.29 is 14.3 Å². The van der Waals surface area contributed by atoms with E-state index in [0.717, 1.165) is 5.56 Å². The number of nitrogens with one attached hydrogen (secondary N) is 2. The lowest BCUT2D eigenvalue weighted by molar-refractivity contribution is 0.0729. The molecule has 7 nitrogen and oxygen atoms in total. The molecule has 0 aliphatic rings. The second-order valence-electron chi connectivity index (χ2n) is 4.77. The maximum absolute atomic E-state index is 12.1. The zero-order valence-electron chi connectivity index (χ0n) is 13.9. The summed E-state index contributed by atoms with van der Waals surface area (Å²) in [4.78, 5) is 16.0. The Labute approximate surface area is 151 Å². The van der Waals surface area contributed by atoms with Crippen molar-refractivity contribution in [2.45, 2.75) is 6.92 Å². The van der Waals surface area contributed by atoms with Crippen LogP contribution in [0, 0.1) is 0 Å². The summed E-state index contributed by atoms with van der Waals surface area (Å²) in [5.41, 5.74) is 3.86. The Bertz CT molecular complexity index is 766. The number of ether oxygens (including phenoxy) is 2. The minimum Gasteiger partial charge on any atom is -0.493 e. The van der Waals surface area contributed by atoms with Crippen LogP contribution < -0.4 is 20.2 Å². The Morgan fingerprint density at radius 1 is 1.28 bits per heavy atom. The highest BCUT2D eigenvalue weighted by molar-refractivity contribution is 7.80. The minimum atomic E-state index is -0.486. The van der Waals surface area contributed by atoms with E-state index in [-0.39, 0.29) is 0 Å². The highest BCUT2D eigenvalue weighted by atomic mass is 32.1. The SMILES string of the molecule is CCNC(=S)N/N=C\c1ccc(OC(=O)c2ccncc2)c(OC)c1. The number of methoxy groups -OCH3 is 1. The van der Waals surface area contributed by atoms with E-state index < -0.39 is 5.97 Å². The maximum Gasteiger partial charge on any atom is 0.343 e. The summed E-state index contributed by atoms with van der Waals surface area (Å²) in [6, 6.07) is 8.25. The van der Waals surface area contributed by atoms with Gasteiger partial charge < -0.3 is 14.8 Å². The number of esters is 1. The molecular weight excluding hydrogens is 340 g/mol. The molecule has 0 fully saturated rings. The van der Waals surface area contributed by atoms with E-state index in [2.05, 4.69) is 20.8 Å². The minimum absolute atomic E-state index is 0.317. The van der Waals surface area contributed by atoms with E-state index in [1.54, 1.807) is 36.5 Å². The Hall–Kier alpha value is -3.00. The zero-order chi connectivity index (χ0) is 18.1. The number of hydrogen-bond donors (Lipinski definition) is 2. The highest BCUT2D eigenvalue weighted by Gasteiger charge is 2.12. The number of rotatable bonds is 6. The Morgan fingerprint density at radius 2 is 2.04 bits per heavy atom. The quantitative estimate of drug-likeness (QED) is 0.269. The van der Waals surface area contributed by atoms with E-state index in [4.69, 9.17) is 21.7 Å². The molecule has 2 N–H and O–H groups in total. The van der Waals surface area contributed by atoms with Gasteiger partial charge in [0, 0.05) is 18.9 Å². The first-order valence-corrected chi connectivity index (χ1v) is 7.92. The number of hydrogen-bond acceptors (Lipinski definition) is 6. The number of benzene rings is 1. The summed E-state index contributed by atoms with van der Waals surface area (Å²) in [5.74, 6) is 0.248. The van der Waals surface area contributed by atoms with Crippen LogP contribution in [0.1, 0.15) is 22.8 Å². The molecule has 0 spiro atoms. The van der Waals surface area contributed by atoms with E-state index in [9.17, 15) is 4.79 Å². The molecule has 2 rings (SSSR count). The van der Waals surface area contributed by atoms with Gasteiger partial charge in [0.25, 0.3) is 0 Å². The lowest BCUT2D eigenvalue weighted by Crippen LogP contribution is -2.31. The Morgan fingerprint density at radius 3 is 2.72 bits per heavy atom. The van der Waals surface area contributed by atoms with Crippen LogP contribution in [0.15, 0.2) is 47.8 Å². The summed E-state index contributed by atoms with van der Waals surface area (Å²) in [7, 11) is 1.50. The summed E-state index contributed by atoms with van der Waals surface area (Å²) in [6.07, 6.45) is 4.64. The topological polar surface area (TPSA) is 84.8 Å². The molecule has 0 saturated heterocycles. The molecule has 1 aromatic heterocycles. The number of hydrazone groups is 1. The second-order valence-corrected chi connectivity index (χ2v) is 5.17. The van der Waals surface area contributed by atoms with Crippen molar-refractivity contribution in [3.8, 4) is 11.5 Å². The molecular formula is C17H18N4O3S. The van der Waals surface area contributed by atoms with Crippen molar-refractivity contribution in [1.82, 2.24) is 15.7 Å². The van der Waals surface area contributed by atoms with Crippen LogP contribution in [0.25, 0.3) is 0 Å². The largest absolute Gasteiger partial charge is 0.493 e. The molecule has 0 atom stereocenters. The van der Waals surface area contributed by atoms with Gasteiger partial charge in [-0.2, -0.15) is 5.10 Å². The van der Waals surface area contributed by atoms with Gasteiger partial charge in [-0.05, 0) is 55.0 Å². The van der Waals surface area contributed by atoms with E-state index in [0.29, 0.717) is 28.7 Å². The van der Waals surface area contributed by atoms with Crippen molar-refractivity contribution in [1.29, 1.82) is 0 Å². The fourth-order valence-corrected chi connectivity index (χ4v) is 2.06. The Kier molecular flexibility index (Phi) is 6.85. The average molecular weight is 358 g/mol. The lowest BCUT2D eigenvalue weighted by atomic mass is 10.2. The van der Waals surface area contributed by atoms with Gasteiger partial charge >= 0.3 is 5.97 Å². The normalized spacial score (nSPS) is 10.3. The molecule has 0 aliphatic carbocycles. The van der Waals surface area contributed by atoms with Crippen LogP contribution in [-0.2, 0) is 0 Å². The highest BCUT2D eigenvalue weighted by Crippen LogP contribution is 2.28. The molecule has 0 bridgehead atoms. The molecule has 1 aromatic carbocycles. The van der Waals surface area contributed by atoms with Gasteiger partial charge in [0.2, 0.25) is 0 Å². The van der Waals surface area contributed by atoms with Crippen LogP contribution in [0.3, 0.4) is 0 Å². The first kappa shape index (κ1) is 18.3. The monoisotopic (exact) mass is 358 g/mol. The zero-order valence-corrected chi connectivity index (χ0v) is 14.7. The van der Waals surface area contributed by atoms with Gasteiger partial charge in [-0.25, -0.2) is 4.79 Å². The first-order chi connectivity index (χ1) is 12.1. The number of carbonyl (C=O) groups is 1. The van der Waals surface area contributed by atoms with Crippen LogP contribution in [0.5, 0.6) is 11.5 Å².